The van der Waals surface area contributed by atoms with Crippen LogP contribution in [-0.4, -0.2) is 14.8 Å². The highest BCUT2D eigenvalue weighted by molar-refractivity contribution is 7.98. The molecule has 3 aromatic rings. The van der Waals surface area contributed by atoms with Crippen molar-refractivity contribution in [2.24, 2.45) is 0 Å². The SMILES string of the molecule is Fc1cccc(CSc2nnc(COc3ccccc3Cl)n2C2CC2)c1. The lowest BCUT2D eigenvalue weighted by Gasteiger charge is -2.10. The summed E-state index contributed by atoms with van der Waals surface area (Å²) in [5.74, 6) is 1.84. The molecule has 4 rings (SSSR count). The topological polar surface area (TPSA) is 39.9 Å². The zero-order chi connectivity index (χ0) is 17.9. The van der Waals surface area contributed by atoms with Gasteiger partial charge in [0.05, 0.1) is 5.02 Å². The van der Waals surface area contributed by atoms with Gasteiger partial charge in [-0.15, -0.1) is 10.2 Å². The number of hydrogen-bond donors (Lipinski definition) is 0. The minimum atomic E-state index is -0.222. The molecule has 0 atom stereocenters. The van der Waals surface area contributed by atoms with E-state index in [-0.39, 0.29) is 5.82 Å². The number of halogens is 2. The van der Waals surface area contributed by atoms with Crippen LogP contribution in [0.4, 0.5) is 4.39 Å². The maximum atomic E-state index is 13.3. The van der Waals surface area contributed by atoms with E-state index in [4.69, 9.17) is 16.3 Å². The number of para-hydroxylation sites is 1. The van der Waals surface area contributed by atoms with Crippen molar-refractivity contribution < 1.29 is 9.13 Å². The first-order valence-electron chi connectivity index (χ1n) is 8.39. The molecular weight excluding hydrogens is 373 g/mol. The molecule has 1 aromatic heterocycles. The number of hydrogen-bond acceptors (Lipinski definition) is 4. The molecule has 2 aromatic carbocycles. The number of ether oxygens (including phenoxy) is 1. The monoisotopic (exact) mass is 389 g/mol. The largest absolute Gasteiger partial charge is 0.484 e. The third-order valence-corrected chi connectivity index (χ3v) is 5.42. The van der Waals surface area contributed by atoms with Crippen LogP contribution in [0.1, 0.15) is 30.3 Å². The number of thioether (sulfide) groups is 1. The molecule has 0 aliphatic heterocycles. The molecule has 0 spiro atoms. The van der Waals surface area contributed by atoms with Gasteiger partial charge in [0.25, 0.3) is 0 Å². The summed E-state index contributed by atoms with van der Waals surface area (Å²) < 4.78 is 21.3. The molecule has 134 valence electrons. The molecule has 0 radical (unpaired) electrons. The Bertz CT molecular complexity index is 913. The Morgan fingerprint density at radius 2 is 2.00 bits per heavy atom. The zero-order valence-corrected chi connectivity index (χ0v) is 15.5. The molecule has 7 heteroatoms. The Balaban J connectivity index is 1.47. The molecule has 1 fully saturated rings. The van der Waals surface area contributed by atoms with Crippen LogP contribution < -0.4 is 4.74 Å². The molecular formula is C19H17ClFN3OS. The van der Waals surface area contributed by atoms with Crippen molar-refractivity contribution in [2.75, 3.05) is 0 Å². The van der Waals surface area contributed by atoms with Gasteiger partial charge in [0.15, 0.2) is 11.0 Å². The Labute approximate surface area is 160 Å². The first-order valence-corrected chi connectivity index (χ1v) is 9.75. The summed E-state index contributed by atoms with van der Waals surface area (Å²) in [6.45, 7) is 0.313. The van der Waals surface area contributed by atoms with Crippen LogP contribution in [0.25, 0.3) is 0 Å². The average Bonchev–Trinajstić information content (AvgIpc) is 3.40. The Morgan fingerprint density at radius 3 is 2.77 bits per heavy atom. The predicted molar refractivity (Wildman–Crippen MR) is 100 cm³/mol. The summed E-state index contributed by atoms with van der Waals surface area (Å²) in [7, 11) is 0. The van der Waals surface area contributed by atoms with E-state index in [1.807, 2.05) is 24.3 Å². The first-order chi connectivity index (χ1) is 12.7. The minimum absolute atomic E-state index is 0.222. The van der Waals surface area contributed by atoms with Crippen LogP contribution in [0.15, 0.2) is 53.7 Å². The molecule has 1 aliphatic rings. The molecule has 0 amide bonds. The summed E-state index contributed by atoms with van der Waals surface area (Å²) in [5, 5.41) is 10.0. The maximum absolute atomic E-state index is 13.3. The fourth-order valence-corrected chi connectivity index (χ4v) is 3.84. The predicted octanol–water partition coefficient (Wildman–Crippen LogP) is 5.28. The second-order valence-corrected chi connectivity index (χ2v) is 7.49. The highest BCUT2D eigenvalue weighted by Gasteiger charge is 2.29. The normalized spacial score (nSPS) is 13.8. The van der Waals surface area contributed by atoms with Gasteiger partial charge in [0.1, 0.15) is 18.2 Å². The van der Waals surface area contributed by atoms with Gasteiger partial charge >= 0.3 is 0 Å². The van der Waals surface area contributed by atoms with Crippen molar-refractivity contribution in [1.29, 1.82) is 0 Å². The zero-order valence-electron chi connectivity index (χ0n) is 13.9. The van der Waals surface area contributed by atoms with Crippen molar-refractivity contribution in [2.45, 2.75) is 36.4 Å². The molecule has 0 bridgehead atoms. The minimum Gasteiger partial charge on any atom is -0.484 e. The van der Waals surface area contributed by atoms with Crippen molar-refractivity contribution in [3.05, 3.63) is 70.8 Å². The van der Waals surface area contributed by atoms with Crippen molar-refractivity contribution in [3.63, 3.8) is 0 Å². The number of rotatable bonds is 7. The van der Waals surface area contributed by atoms with Gasteiger partial charge in [-0.1, -0.05) is 47.6 Å². The fraction of sp³-hybridized carbons (Fsp3) is 0.263. The van der Waals surface area contributed by atoms with Gasteiger partial charge in [-0.2, -0.15) is 0 Å². The van der Waals surface area contributed by atoms with Crippen molar-refractivity contribution >= 4 is 23.4 Å². The van der Waals surface area contributed by atoms with E-state index < -0.39 is 0 Å². The van der Waals surface area contributed by atoms with E-state index in [0.717, 1.165) is 29.4 Å². The molecule has 1 saturated carbocycles. The van der Waals surface area contributed by atoms with Crippen LogP contribution in [0, 0.1) is 5.82 Å². The quantitative estimate of drug-likeness (QED) is 0.515. The van der Waals surface area contributed by atoms with E-state index >= 15 is 0 Å². The molecule has 0 N–H and O–H groups in total. The van der Waals surface area contributed by atoms with E-state index in [9.17, 15) is 4.39 Å². The summed E-state index contributed by atoms with van der Waals surface area (Å²) in [5.41, 5.74) is 0.925. The van der Waals surface area contributed by atoms with Gasteiger partial charge in [0, 0.05) is 11.8 Å². The smallest absolute Gasteiger partial charge is 0.191 e. The van der Waals surface area contributed by atoms with Crippen LogP contribution in [0.2, 0.25) is 5.02 Å². The molecule has 0 unspecified atom stereocenters. The summed E-state index contributed by atoms with van der Waals surface area (Å²) in [6.07, 6.45) is 2.23. The van der Waals surface area contributed by atoms with Crippen molar-refractivity contribution in [1.82, 2.24) is 14.8 Å². The van der Waals surface area contributed by atoms with E-state index in [2.05, 4.69) is 14.8 Å². The lowest BCUT2D eigenvalue weighted by molar-refractivity contribution is 0.288. The summed E-state index contributed by atoms with van der Waals surface area (Å²) in [4.78, 5) is 0. The van der Waals surface area contributed by atoms with E-state index in [1.165, 1.54) is 6.07 Å². The Kier molecular flexibility index (Phi) is 5.13. The lowest BCUT2D eigenvalue weighted by Crippen LogP contribution is -2.07. The van der Waals surface area contributed by atoms with Gasteiger partial charge < -0.3 is 4.74 Å². The van der Waals surface area contributed by atoms with Crippen LogP contribution in [0.3, 0.4) is 0 Å². The molecule has 4 nitrogen and oxygen atoms in total. The maximum Gasteiger partial charge on any atom is 0.191 e. The fourth-order valence-electron chi connectivity index (χ4n) is 2.68. The third-order valence-electron chi connectivity index (χ3n) is 4.10. The highest BCUT2D eigenvalue weighted by atomic mass is 35.5. The van der Waals surface area contributed by atoms with Gasteiger partial charge in [-0.25, -0.2) is 4.39 Å². The van der Waals surface area contributed by atoms with Crippen LogP contribution >= 0.6 is 23.4 Å². The average molecular weight is 390 g/mol. The second-order valence-electron chi connectivity index (χ2n) is 6.14. The number of aromatic nitrogens is 3. The van der Waals surface area contributed by atoms with Crippen LogP contribution in [0.5, 0.6) is 5.75 Å². The Morgan fingerprint density at radius 1 is 1.15 bits per heavy atom. The molecule has 0 saturated heterocycles. The molecule has 1 heterocycles. The summed E-state index contributed by atoms with van der Waals surface area (Å²) in [6, 6.07) is 14.4. The van der Waals surface area contributed by atoms with E-state index in [1.54, 1.807) is 30.0 Å². The third kappa shape index (κ3) is 4.02. The van der Waals surface area contributed by atoms with Gasteiger partial charge in [-0.05, 0) is 42.7 Å². The van der Waals surface area contributed by atoms with Crippen molar-refractivity contribution in [3.8, 4) is 5.75 Å². The number of benzene rings is 2. The summed E-state index contributed by atoms with van der Waals surface area (Å²) >= 11 is 7.70. The van der Waals surface area contributed by atoms with E-state index in [0.29, 0.717) is 29.2 Å². The standard InChI is InChI=1S/C19H17ClFN3OS/c20-16-6-1-2-7-17(16)25-11-18-22-23-19(24(18)15-8-9-15)26-12-13-4-3-5-14(21)10-13/h1-7,10,15H,8-9,11-12H2. The molecule has 26 heavy (non-hydrogen) atoms. The lowest BCUT2D eigenvalue weighted by atomic mass is 10.2. The van der Waals surface area contributed by atoms with Gasteiger partial charge in [-0.3, -0.25) is 4.57 Å². The van der Waals surface area contributed by atoms with Gasteiger partial charge in [0.2, 0.25) is 0 Å². The highest BCUT2D eigenvalue weighted by Crippen LogP contribution is 2.39. The molecule has 1 aliphatic carbocycles. The van der Waals surface area contributed by atoms with Crippen LogP contribution in [-0.2, 0) is 12.4 Å². The second kappa shape index (κ2) is 7.68. The first kappa shape index (κ1) is 17.4. The Hall–Kier alpha value is -2.05. The number of nitrogens with zero attached hydrogens (tertiary/aromatic N) is 3.